The molecule has 8 nitrogen and oxygen atoms in total. The number of methoxy groups -OCH3 is 1. The molecular weight excluding hydrogens is 483 g/mol. The van der Waals surface area contributed by atoms with E-state index in [2.05, 4.69) is 34.0 Å². The van der Waals surface area contributed by atoms with Crippen LogP contribution < -0.4 is 16.2 Å². The van der Waals surface area contributed by atoms with Crippen molar-refractivity contribution >= 4 is 63.5 Å². The van der Waals surface area contributed by atoms with Crippen LogP contribution in [0.25, 0.3) is 26.0 Å². The van der Waals surface area contributed by atoms with Crippen LogP contribution in [-0.2, 0) is 11.3 Å². The third kappa shape index (κ3) is 4.33. The second kappa shape index (κ2) is 9.72. The first-order chi connectivity index (χ1) is 15.0. The molecular formula is C22H26Cl2N6O2S. The first kappa shape index (κ1) is 25.0. The molecule has 1 aliphatic heterocycles. The van der Waals surface area contributed by atoms with E-state index in [-0.39, 0.29) is 36.8 Å². The number of aryl methyl sites for hydroxylation is 1. The third-order valence-corrected chi connectivity index (χ3v) is 7.12. The minimum absolute atomic E-state index is 0. The Labute approximate surface area is 207 Å². The Balaban J connectivity index is 0.00000153. The van der Waals surface area contributed by atoms with Gasteiger partial charge in [0.05, 0.1) is 17.9 Å². The van der Waals surface area contributed by atoms with Crippen molar-refractivity contribution in [3.05, 3.63) is 41.9 Å². The predicted octanol–water partition coefficient (Wildman–Crippen LogP) is 3.80. The summed E-state index contributed by atoms with van der Waals surface area (Å²) in [6.07, 6.45) is 5.18. The van der Waals surface area contributed by atoms with E-state index >= 15 is 0 Å². The molecule has 1 aromatic carbocycles. The molecule has 4 aromatic rings. The SMILES string of the molecule is COc1cc(C)cc2cc(-c3c(CN4CCCC4C(N)=O)cn4ncnc(N)c34)sc12.Cl.Cl. The number of primary amides is 1. The average Bonchev–Trinajstić information content (AvgIpc) is 3.44. The number of ether oxygens (including phenoxy) is 1. The molecule has 0 radical (unpaired) electrons. The molecule has 1 atom stereocenters. The zero-order valence-corrected chi connectivity index (χ0v) is 20.7. The van der Waals surface area contributed by atoms with E-state index in [1.165, 1.54) is 6.33 Å². The van der Waals surface area contributed by atoms with Crippen molar-refractivity contribution in [3.8, 4) is 16.2 Å². The molecule has 3 aromatic heterocycles. The minimum atomic E-state index is -0.274. The van der Waals surface area contributed by atoms with Gasteiger partial charge in [0.15, 0.2) is 5.82 Å². The summed E-state index contributed by atoms with van der Waals surface area (Å²) in [7, 11) is 1.69. The topological polar surface area (TPSA) is 112 Å². The Morgan fingerprint density at radius 2 is 2.09 bits per heavy atom. The number of benzene rings is 1. The van der Waals surface area contributed by atoms with Crippen LogP contribution in [-0.4, -0.2) is 45.1 Å². The number of nitrogens with two attached hydrogens (primary N) is 2. The molecule has 4 heterocycles. The van der Waals surface area contributed by atoms with Crippen molar-refractivity contribution < 1.29 is 9.53 Å². The van der Waals surface area contributed by atoms with E-state index in [1.807, 2.05) is 12.3 Å². The number of nitrogens with zero attached hydrogens (tertiary/aromatic N) is 4. The number of aromatic nitrogens is 3. The van der Waals surface area contributed by atoms with Crippen LogP contribution in [0.1, 0.15) is 24.0 Å². The summed E-state index contributed by atoms with van der Waals surface area (Å²) in [5.74, 6) is 1.00. The van der Waals surface area contributed by atoms with Gasteiger partial charge in [-0.3, -0.25) is 9.69 Å². The summed E-state index contributed by atoms with van der Waals surface area (Å²) in [4.78, 5) is 19.3. The highest BCUT2D eigenvalue weighted by Crippen LogP contribution is 2.43. The Bertz CT molecular complexity index is 1320. The maximum absolute atomic E-state index is 11.9. The van der Waals surface area contributed by atoms with Crippen LogP contribution in [0.3, 0.4) is 0 Å². The molecule has 0 saturated carbocycles. The van der Waals surface area contributed by atoms with Crippen LogP contribution in [0.15, 0.2) is 30.7 Å². The zero-order chi connectivity index (χ0) is 21.7. The van der Waals surface area contributed by atoms with Crippen molar-refractivity contribution in [1.29, 1.82) is 0 Å². The number of hydrogen-bond donors (Lipinski definition) is 2. The van der Waals surface area contributed by atoms with Crippen molar-refractivity contribution in [2.24, 2.45) is 5.73 Å². The number of carbonyl (C=O) groups is 1. The number of rotatable bonds is 5. The number of carbonyl (C=O) groups excluding carboxylic acids is 1. The molecule has 1 unspecified atom stereocenters. The van der Waals surface area contributed by atoms with E-state index in [9.17, 15) is 4.79 Å². The number of nitrogen functional groups attached to an aromatic ring is 1. The smallest absolute Gasteiger partial charge is 0.234 e. The third-order valence-electron chi connectivity index (χ3n) is 5.94. The lowest BCUT2D eigenvalue weighted by Crippen LogP contribution is -2.39. The normalized spacial score (nSPS) is 16.0. The summed E-state index contributed by atoms with van der Waals surface area (Å²) < 4.78 is 8.48. The first-order valence-electron chi connectivity index (χ1n) is 10.2. The minimum Gasteiger partial charge on any atom is -0.495 e. The van der Waals surface area contributed by atoms with Crippen molar-refractivity contribution in [2.75, 3.05) is 19.4 Å². The average molecular weight is 509 g/mol. The van der Waals surface area contributed by atoms with Crippen LogP contribution in [0.4, 0.5) is 5.82 Å². The second-order valence-electron chi connectivity index (χ2n) is 7.99. The number of hydrogen-bond acceptors (Lipinski definition) is 7. The monoisotopic (exact) mass is 508 g/mol. The fourth-order valence-corrected chi connectivity index (χ4v) is 5.79. The molecule has 1 amide bonds. The Hall–Kier alpha value is -2.59. The molecule has 1 aliphatic rings. The van der Waals surface area contributed by atoms with Crippen LogP contribution in [0.2, 0.25) is 0 Å². The maximum Gasteiger partial charge on any atom is 0.234 e. The predicted molar refractivity (Wildman–Crippen MR) is 137 cm³/mol. The molecule has 1 saturated heterocycles. The quantitative estimate of drug-likeness (QED) is 0.423. The highest BCUT2D eigenvalue weighted by Gasteiger charge is 2.30. The summed E-state index contributed by atoms with van der Waals surface area (Å²) in [5, 5.41) is 5.49. The lowest BCUT2D eigenvalue weighted by Gasteiger charge is -2.21. The van der Waals surface area contributed by atoms with Gasteiger partial charge in [-0.1, -0.05) is 6.07 Å². The number of thiophene rings is 1. The Morgan fingerprint density at radius 1 is 1.30 bits per heavy atom. The molecule has 11 heteroatoms. The number of likely N-dealkylation sites (tertiary alicyclic amines) is 1. The van der Waals surface area contributed by atoms with Gasteiger partial charge in [-0.2, -0.15) is 5.10 Å². The largest absolute Gasteiger partial charge is 0.495 e. The van der Waals surface area contributed by atoms with Crippen molar-refractivity contribution in [1.82, 2.24) is 19.5 Å². The van der Waals surface area contributed by atoms with Gasteiger partial charge < -0.3 is 16.2 Å². The van der Waals surface area contributed by atoms with Crippen LogP contribution in [0.5, 0.6) is 5.75 Å². The summed E-state index contributed by atoms with van der Waals surface area (Å²) in [6.45, 7) is 3.48. The van der Waals surface area contributed by atoms with Gasteiger partial charge in [-0.05, 0) is 55.0 Å². The highest BCUT2D eigenvalue weighted by atomic mass is 35.5. The number of anilines is 1. The first-order valence-corrected chi connectivity index (χ1v) is 11.0. The van der Waals surface area contributed by atoms with Crippen molar-refractivity contribution in [2.45, 2.75) is 32.4 Å². The lowest BCUT2D eigenvalue weighted by atomic mass is 10.1. The van der Waals surface area contributed by atoms with Gasteiger partial charge in [0.25, 0.3) is 0 Å². The molecule has 176 valence electrons. The van der Waals surface area contributed by atoms with E-state index in [0.29, 0.717) is 12.4 Å². The van der Waals surface area contributed by atoms with E-state index in [4.69, 9.17) is 16.2 Å². The number of amides is 1. The molecule has 33 heavy (non-hydrogen) atoms. The summed E-state index contributed by atoms with van der Waals surface area (Å²) in [5.41, 5.74) is 15.9. The molecule has 4 N–H and O–H groups in total. The molecule has 0 spiro atoms. The van der Waals surface area contributed by atoms with E-state index < -0.39 is 0 Å². The van der Waals surface area contributed by atoms with Gasteiger partial charge in [0.1, 0.15) is 17.6 Å². The van der Waals surface area contributed by atoms with Crippen LogP contribution >= 0.6 is 36.2 Å². The number of halogens is 2. The Morgan fingerprint density at radius 3 is 2.82 bits per heavy atom. The van der Waals surface area contributed by atoms with Gasteiger partial charge in [0, 0.05) is 23.2 Å². The maximum atomic E-state index is 11.9. The van der Waals surface area contributed by atoms with E-state index in [1.54, 1.807) is 23.0 Å². The van der Waals surface area contributed by atoms with Crippen molar-refractivity contribution in [3.63, 3.8) is 0 Å². The second-order valence-corrected chi connectivity index (χ2v) is 9.05. The molecule has 0 bridgehead atoms. The van der Waals surface area contributed by atoms with Gasteiger partial charge in [-0.15, -0.1) is 36.2 Å². The molecule has 0 aliphatic carbocycles. The van der Waals surface area contributed by atoms with Gasteiger partial charge >= 0.3 is 0 Å². The number of fused-ring (bicyclic) bond motifs is 2. The van der Waals surface area contributed by atoms with Gasteiger partial charge in [0.2, 0.25) is 5.91 Å². The molecule has 1 fully saturated rings. The van der Waals surface area contributed by atoms with Gasteiger partial charge in [-0.25, -0.2) is 9.50 Å². The zero-order valence-electron chi connectivity index (χ0n) is 18.3. The standard InChI is InChI=1S/C22H24N6O2S.2ClH/c1-12-6-13-8-17(31-20(13)16(7-12)30-2)18-14(9-27-5-3-4-15(27)22(24)29)10-28-19(18)21(23)25-11-26-28;;/h6-8,10-11,15H,3-5,9H2,1-2H3,(H2,24,29)(H2,23,25,26);2*1H. The Kier molecular flexibility index (Phi) is 7.38. The highest BCUT2D eigenvalue weighted by molar-refractivity contribution is 7.22. The summed E-state index contributed by atoms with van der Waals surface area (Å²) in [6, 6.07) is 6.11. The fourth-order valence-electron chi connectivity index (χ4n) is 4.57. The van der Waals surface area contributed by atoms with Crippen LogP contribution in [0, 0.1) is 6.92 Å². The van der Waals surface area contributed by atoms with E-state index in [0.717, 1.165) is 62.3 Å². The summed E-state index contributed by atoms with van der Waals surface area (Å²) >= 11 is 1.66. The fraction of sp³-hybridized carbons (Fsp3) is 0.318. The molecule has 5 rings (SSSR count). The lowest BCUT2D eigenvalue weighted by molar-refractivity contribution is -0.122.